The zero-order valence-corrected chi connectivity index (χ0v) is 12.7. The van der Waals surface area contributed by atoms with Crippen molar-refractivity contribution in [1.29, 1.82) is 0 Å². The molecule has 0 aliphatic heterocycles. The van der Waals surface area contributed by atoms with Gasteiger partial charge in [0.15, 0.2) is 0 Å². The third kappa shape index (κ3) is 8.43. The molecule has 0 aliphatic carbocycles. The van der Waals surface area contributed by atoms with Gasteiger partial charge < -0.3 is 29.9 Å². The molecule has 2 unspecified atom stereocenters. The summed E-state index contributed by atoms with van der Waals surface area (Å²) < 4.78 is 10.2. The molecule has 22 heavy (non-hydrogen) atoms. The summed E-state index contributed by atoms with van der Waals surface area (Å²) in [4.78, 5) is 0. The van der Waals surface area contributed by atoms with Gasteiger partial charge in [0.25, 0.3) is 0 Å². The van der Waals surface area contributed by atoms with E-state index in [-0.39, 0.29) is 39.6 Å². The van der Waals surface area contributed by atoms with Crippen LogP contribution in [0.3, 0.4) is 0 Å². The lowest BCUT2D eigenvalue weighted by Crippen LogP contribution is -2.20. The molecule has 0 aromatic heterocycles. The van der Waals surface area contributed by atoms with E-state index in [1.807, 2.05) is 24.3 Å². The van der Waals surface area contributed by atoms with Crippen LogP contribution in [-0.4, -0.2) is 72.3 Å². The Balaban J connectivity index is 2.32. The number of ether oxygens (including phenoxy) is 2. The molecule has 0 bridgehead atoms. The molecule has 0 radical (unpaired) electrons. The first-order valence-electron chi connectivity index (χ1n) is 7.47. The number of hydrogen-bond acceptors (Lipinski definition) is 6. The van der Waals surface area contributed by atoms with Gasteiger partial charge in [0.05, 0.1) is 51.8 Å². The summed E-state index contributed by atoms with van der Waals surface area (Å²) >= 11 is 0. The summed E-state index contributed by atoms with van der Waals surface area (Å²) in [6.07, 6.45) is -0.244. The quantitative estimate of drug-likeness (QED) is 0.389. The average molecular weight is 314 g/mol. The van der Waals surface area contributed by atoms with E-state index in [2.05, 4.69) is 0 Å². The molecule has 1 aromatic rings. The van der Waals surface area contributed by atoms with Gasteiger partial charge in [0, 0.05) is 12.8 Å². The van der Waals surface area contributed by atoms with Crippen LogP contribution in [0.1, 0.15) is 11.1 Å². The van der Waals surface area contributed by atoms with E-state index in [4.69, 9.17) is 19.7 Å². The second-order valence-electron chi connectivity index (χ2n) is 5.13. The molecular weight excluding hydrogens is 288 g/mol. The van der Waals surface area contributed by atoms with Crippen LogP contribution in [0.5, 0.6) is 0 Å². The standard InChI is InChI=1S/C16H26O6/c17-5-7-21-11-15(19)9-13-1-2-14(4-3-13)10-16(20)12-22-8-6-18/h1-4,15-20H,5-12H2. The Hall–Kier alpha value is -1.02. The molecule has 126 valence electrons. The van der Waals surface area contributed by atoms with Crippen molar-refractivity contribution in [2.75, 3.05) is 39.6 Å². The molecule has 0 amide bonds. The maximum Gasteiger partial charge on any atom is 0.0813 e. The van der Waals surface area contributed by atoms with Crippen molar-refractivity contribution in [3.8, 4) is 0 Å². The molecule has 4 N–H and O–H groups in total. The predicted molar refractivity (Wildman–Crippen MR) is 81.7 cm³/mol. The first-order chi connectivity index (χ1) is 10.7. The lowest BCUT2D eigenvalue weighted by molar-refractivity contribution is 0.0214. The Morgan fingerprint density at radius 3 is 1.41 bits per heavy atom. The second kappa shape index (κ2) is 11.5. The van der Waals surface area contributed by atoms with E-state index < -0.39 is 12.2 Å². The van der Waals surface area contributed by atoms with Gasteiger partial charge in [0.1, 0.15) is 0 Å². The Morgan fingerprint density at radius 2 is 1.09 bits per heavy atom. The van der Waals surface area contributed by atoms with Crippen LogP contribution in [0.2, 0.25) is 0 Å². The zero-order chi connectivity index (χ0) is 16.2. The monoisotopic (exact) mass is 314 g/mol. The molecule has 1 rings (SSSR count). The van der Waals surface area contributed by atoms with Gasteiger partial charge in [-0.05, 0) is 11.1 Å². The van der Waals surface area contributed by atoms with E-state index in [9.17, 15) is 10.2 Å². The Kier molecular flexibility index (Phi) is 9.98. The van der Waals surface area contributed by atoms with Crippen LogP contribution in [-0.2, 0) is 22.3 Å². The topological polar surface area (TPSA) is 99.4 Å². The van der Waals surface area contributed by atoms with Crippen LogP contribution in [0.25, 0.3) is 0 Å². The Labute approximate surface area is 130 Å². The molecule has 6 heteroatoms. The summed E-state index contributed by atoms with van der Waals surface area (Å²) in [6, 6.07) is 7.63. The minimum atomic E-state index is -0.602. The third-order valence-electron chi connectivity index (χ3n) is 3.06. The van der Waals surface area contributed by atoms with Crippen LogP contribution in [0.15, 0.2) is 24.3 Å². The molecular formula is C16H26O6. The van der Waals surface area contributed by atoms with Gasteiger partial charge >= 0.3 is 0 Å². The molecule has 0 fully saturated rings. The van der Waals surface area contributed by atoms with Crippen LogP contribution in [0, 0.1) is 0 Å². The molecule has 0 heterocycles. The number of benzene rings is 1. The fourth-order valence-electron chi connectivity index (χ4n) is 2.04. The highest BCUT2D eigenvalue weighted by atomic mass is 16.5. The first-order valence-corrected chi connectivity index (χ1v) is 7.47. The van der Waals surface area contributed by atoms with Crippen molar-refractivity contribution in [2.24, 2.45) is 0 Å². The van der Waals surface area contributed by atoms with Gasteiger partial charge in [0.2, 0.25) is 0 Å². The number of hydrogen-bond donors (Lipinski definition) is 4. The van der Waals surface area contributed by atoms with Crippen LogP contribution < -0.4 is 0 Å². The van der Waals surface area contributed by atoms with Crippen LogP contribution >= 0.6 is 0 Å². The molecule has 0 aliphatic rings. The largest absolute Gasteiger partial charge is 0.394 e. The summed E-state index contributed by atoms with van der Waals surface area (Å²) in [5, 5.41) is 36.7. The SMILES string of the molecule is OCCOCC(O)Cc1ccc(CC(O)COCCO)cc1. The van der Waals surface area contributed by atoms with Gasteiger partial charge in [-0.3, -0.25) is 0 Å². The lowest BCUT2D eigenvalue weighted by Gasteiger charge is -2.13. The van der Waals surface area contributed by atoms with E-state index in [1.165, 1.54) is 0 Å². The lowest BCUT2D eigenvalue weighted by atomic mass is 10.0. The van der Waals surface area contributed by atoms with Crippen molar-refractivity contribution in [3.63, 3.8) is 0 Å². The van der Waals surface area contributed by atoms with Crippen LogP contribution in [0.4, 0.5) is 0 Å². The van der Waals surface area contributed by atoms with E-state index in [1.54, 1.807) is 0 Å². The van der Waals surface area contributed by atoms with Gasteiger partial charge in [-0.2, -0.15) is 0 Å². The Morgan fingerprint density at radius 1 is 0.727 bits per heavy atom. The highest BCUT2D eigenvalue weighted by Crippen LogP contribution is 2.09. The van der Waals surface area contributed by atoms with Gasteiger partial charge in [-0.15, -0.1) is 0 Å². The molecule has 0 saturated heterocycles. The van der Waals surface area contributed by atoms with E-state index >= 15 is 0 Å². The van der Waals surface area contributed by atoms with Crippen molar-refractivity contribution in [3.05, 3.63) is 35.4 Å². The molecule has 6 nitrogen and oxygen atoms in total. The molecule has 2 atom stereocenters. The molecule has 1 aromatic carbocycles. The highest BCUT2D eigenvalue weighted by Gasteiger charge is 2.08. The smallest absolute Gasteiger partial charge is 0.0813 e. The zero-order valence-electron chi connectivity index (χ0n) is 12.7. The maximum atomic E-state index is 9.78. The fraction of sp³-hybridized carbons (Fsp3) is 0.625. The highest BCUT2D eigenvalue weighted by molar-refractivity contribution is 5.23. The minimum absolute atomic E-state index is 0.0498. The molecule has 0 spiro atoms. The van der Waals surface area contributed by atoms with Crippen molar-refractivity contribution in [2.45, 2.75) is 25.0 Å². The number of rotatable bonds is 12. The Bertz CT molecular complexity index is 344. The van der Waals surface area contributed by atoms with E-state index in [0.717, 1.165) is 11.1 Å². The fourth-order valence-corrected chi connectivity index (χ4v) is 2.04. The second-order valence-corrected chi connectivity index (χ2v) is 5.13. The summed E-state index contributed by atoms with van der Waals surface area (Å²) in [5.41, 5.74) is 1.96. The predicted octanol–water partition coefficient (Wildman–Crippen LogP) is -0.489. The minimum Gasteiger partial charge on any atom is -0.394 e. The summed E-state index contributed by atoms with van der Waals surface area (Å²) in [7, 11) is 0. The van der Waals surface area contributed by atoms with Crippen molar-refractivity contribution >= 4 is 0 Å². The average Bonchev–Trinajstić information content (AvgIpc) is 2.50. The van der Waals surface area contributed by atoms with Gasteiger partial charge in [-0.1, -0.05) is 24.3 Å². The number of aliphatic hydroxyl groups excluding tert-OH is 4. The summed E-state index contributed by atoms with van der Waals surface area (Å²) in [6.45, 7) is 0.752. The third-order valence-corrected chi connectivity index (χ3v) is 3.06. The van der Waals surface area contributed by atoms with Gasteiger partial charge in [-0.25, -0.2) is 0 Å². The number of aliphatic hydroxyl groups is 4. The maximum absolute atomic E-state index is 9.78. The first kappa shape index (κ1) is 19.0. The molecule has 0 saturated carbocycles. The van der Waals surface area contributed by atoms with Crippen molar-refractivity contribution < 1.29 is 29.9 Å². The van der Waals surface area contributed by atoms with Crippen molar-refractivity contribution in [1.82, 2.24) is 0 Å². The normalized spacial score (nSPS) is 14.0. The summed E-state index contributed by atoms with van der Waals surface area (Å²) in [5.74, 6) is 0. The van der Waals surface area contributed by atoms with E-state index in [0.29, 0.717) is 12.8 Å².